The first-order chi connectivity index (χ1) is 12.6. The van der Waals surface area contributed by atoms with Gasteiger partial charge in [-0.2, -0.15) is 0 Å². The number of amides is 1. The number of hydrogen-bond acceptors (Lipinski definition) is 2. The van der Waals surface area contributed by atoms with Gasteiger partial charge in [-0.1, -0.05) is 6.42 Å². The van der Waals surface area contributed by atoms with Gasteiger partial charge >= 0.3 is 0 Å². The highest BCUT2D eigenvalue weighted by Gasteiger charge is 2.51. The van der Waals surface area contributed by atoms with E-state index < -0.39 is 0 Å². The van der Waals surface area contributed by atoms with Crippen LogP contribution in [-0.2, 0) is 16.6 Å². The van der Waals surface area contributed by atoms with E-state index in [-0.39, 0.29) is 17.1 Å². The number of hydrogen-bond donors (Lipinski definition) is 1. The number of carbonyl (C=O) groups excluding carboxylic acids is 2. The van der Waals surface area contributed by atoms with Gasteiger partial charge in [-0.3, -0.25) is 9.59 Å². The third kappa shape index (κ3) is 2.32. The van der Waals surface area contributed by atoms with Crippen molar-refractivity contribution in [2.75, 3.05) is 5.32 Å². The number of halogens is 1. The molecule has 2 aromatic carbocycles. The van der Waals surface area contributed by atoms with Gasteiger partial charge in [0, 0.05) is 17.7 Å². The summed E-state index contributed by atoms with van der Waals surface area (Å²) in [4.78, 5) is 25.2. The number of nitrogens with one attached hydrogen (secondary N) is 1. The number of anilines is 1. The van der Waals surface area contributed by atoms with Crippen molar-refractivity contribution in [2.24, 2.45) is 0 Å². The van der Waals surface area contributed by atoms with Crippen LogP contribution in [0.1, 0.15) is 65.1 Å². The van der Waals surface area contributed by atoms with Crippen LogP contribution >= 0.6 is 0 Å². The van der Waals surface area contributed by atoms with E-state index in [2.05, 4.69) is 5.32 Å². The third-order valence-electron chi connectivity index (χ3n) is 6.26. The highest BCUT2D eigenvalue weighted by molar-refractivity contribution is 6.05. The molecule has 3 aliphatic carbocycles. The van der Waals surface area contributed by atoms with Crippen molar-refractivity contribution < 1.29 is 14.0 Å². The van der Waals surface area contributed by atoms with Gasteiger partial charge in [-0.25, -0.2) is 4.39 Å². The average molecular weight is 349 g/mol. The number of ketones is 1. The molecule has 5 rings (SSSR count). The molecule has 26 heavy (non-hydrogen) atoms. The summed E-state index contributed by atoms with van der Waals surface area (Å²) < 4.78 is 13.1. The van der Waals surface area contributed by atoms with E-state index in [0.717, 1.165) is 43.4 Å². The van der Waals surface area contributed by atoms with Crippen LogP contribution in [0.15, 0.2) is 36.4 Å². The fourth-order valence-corrected chi connectivity index (χ4v) is 4.51. The molecule has 1 amide bonds. The Morgan fingerprint density at radius 3 is 2.46 bits per heavy atom. The summed E-state index contributed by atoms with van der Waals surface area (Å²) in [6, 6.07) is 9.59. The molecule has 0 aromatic heterocycles. The van der Waals surface area contributed by atoms with Gasteiger partial charge in [-0.05, 0) is 84.7 Å². The SMILES string of the molecule is O=C(Nc1cc(C2CC2)c2c(c1)C1(CCC1)C(=O)C2)c1ccc(F)cc1. The summed E-state index contributed by atoms with van der Waals surface area (Å²) in [5.41, 5.74) is 4.49. The minimum atomic E-state index is -0.361. The van der Waals surface area contributed by atoms with E-state index in [1.54, 1.807) is 0 Å². The summed E-state index contributed by atoms with van der Waals surface area (Å²) >= 11 is 0. The van der Waals surface area contributed by atoms with Crippen LogP contribution in [0.2, 0.25) is 0 Å². The van der Waals surface area contributed by atoms with Crippen molar-refractivity contribution in [1.82, 2.24) is 0 Å². The molecule has 2 fully saturated rings. The van der Waals surface area contributed by atoms with E-state index in [1.807, 2.05) is 12.1 Å². The smallest absolute Gasteiger partial charge is 0.255 e. The van der Waals surface area contributed by atoms with Gasteiger partial charge in [0.1, 0.15) is 11.6 Å². The highest BCUT2D eigenvalue weighted by Crippen LogP contribution is 2.54. The highest BCUT2D eigenvalue weighted by atomic mass is 19.1. The second kappa shape index (κ2) is 5.50. The van der Waals surface area contributed by atoms with E-state index in [1.165, 1.54) is 35.4 Å². The van der Waals surface area contributed by atoms with Crippen molar-refractivity contribution in [2.45, 2.75) is 49.9 Å². The van der Waals surface area contributed by atoms with Crippen LogP contribution in [0, 0.1) is 5.82 Å². The van der Waals surface area contributed by atoms with Gasteiger partial charge in [-0.15, -0.1) is 0 Å². The molecular formula is C22H20FNO2. The van der Waals surface area contributed by atoms with Crippen molar-refractivity contribution in [3.63, 3.8) is 0 Å². The first-order valence-corrected chi connectivity index (χ1v) is 9.34. The van der Waals surface area contributed by atoms with E-state index in [4.69, 9.17) is 0 Å². The van der Waals surface area contributed by atoms with Crippen molar-refractivity contribution in [3.05, 3.63) is 64.5 Å². The molecule has 4 heteroatoms. The van der Waals surface area contributed by atoms with E-state index >= 15 is 0 Å². The van der Waals surface area contributed by atoms with Crippen LogP contribution in [0.4, 0.5) is 10.1 Å². The average Bonchev–Trinajstić information content (AvgIpc) is 3.36. The Morgan fingerprint density at radius 2 is 1.85 bits per heavy atom. The molecule has 0 atom stereocenters. The second-order valence-corrected chi connectivity index (χ2v) is 7.86. The van der Waals surface area contributed by atoms with Crippen LogP contribution in [0.25, 0.3) is 0 Å². The second-order valence-electron chi connectivity index (χ2n) is 7.86. The summed E-state index contributed by atoms with van der Waals surface area (Å²) in [7, 11) is 0. The Kier molecular flexibility index (Phi) is 3.33. The standard InChI is InChI=1S/C22H20FNO2/c23-15-6-4-14(5-7-15)21(26)24-16-10-17(13-2-3-13)18-12-20(25)22(8-1-9-22)19(18)11-16/h4-7,10-11,13H,1-3,8-9,12H2,(H,24,26). The predicted molar refractivity (Wildman–Crippen MR) is 97.0 cm³/mol. The lowest BCUT2D eigenvalue weighted by molar-refractivity contribution is -0.125. The minimum absolute atomic E-state index is 0.251. The van der Waals surface area contributed by atoms with Crippen molar-refractivity contribution in [1.29, 1.82) is 0 Å². The normalized spacial score (nSPS) is 20.0. The van der Waals surface area contributed by atoms with Gasteiger partial charge in [0.25, 0.3) is 5.91 Å². The summed E-state index contributed by atoms with van der Waals surface area (Å²) in [6.07, 6.45) is 5.81. The first kappa shape index (κ1) is 15.7. The fourth-order valence-electron chi connectivity index (χ4n) is 4.51. The fraction of sp³-hybridized carbons (Fsp3) is 0.364. The van der Waals surface area contributed by atoms with Gasteiger partial charge < -0.3 is 5.32 Å². The van der Waals surface area contributed by atoms with Gasteiger partial charge in [0.05, 0.1) is 5.41 Å². The first-order valence-electron chi connectivity index (χ1n) is 9.34. The van der Waals surface area contributed by atoms with Crippen LogP contribution in [-0.4, -0.2) is 11.7 Å². The lowest BCUT2D eigenvalue weighted by atomic mass is 9.64. The molecule has 0 saturated heterocycles. The Morgan fingerprint density at radius 1 is 1.12 bits per heavy atom. The number of rotatable bonds is 3. The van der Waals surface area contributed by atoms with E-state index in [0.29, 0.717) is 23.7 Å². The molecule has 2 saturated carbocycles. The lowest BCUT2D eigenvalue weighted by Crippen LogP contribution is -2.39. The molecule has 0 heterocycles. The molecule has 3 nitrogen and oxygen atoms in total. The summed E-state index contributed by atoms with van der Waals surface area (Å²) in [5, 5.41) is 2.96. The molecular weight excluding hydrogens is 329 g/mol. The minimum Gasteiger partial charge on any atom is -0.322 e. The zero-order valence-corrected chi connectivity index (χ0v) is 14.5. The van der Waals surface area contributed by atoms with Crippen LogP contribution < -0.4 is 5.32 Å². The quantitative estimate of drug-likeness (QED) is 0.887. The van der Waals surface area contributed by atoms with Crippen molar-refractivity contribution in [3.8, 4) is 0 Å². The Balaban J connectivity index is 1.52. The van der Waals surface area contributed by atoms with Crippen molar-refractivity contribution >= 4 is 17.4 Å². The molecule has 0 bridgehead atoms. The lowest BCUT2D eigenvalue weighted by Gasteiger charge is -2.38. The molecule has 0 radical (unpaired) electrons. The third-order valence-corrected chi connectivity index (χ3v) is 6.26. The van der Waals surface area contributed by atoms with E-state index in [9.17, 15) is 14.0 Å². The number of Topliss-reactive ketones (excluding diaryl/α,β-unsaturated/α-hetero) is 1. The molecule has 132 valence electrons. The number of benzene rings is 2. The zero-order valence-electron chi connectivity index (χ0n) is 14.5. The zero-order chi connectivity index (χ0) is 17.9. The molecule has 1 N–H and O–H groups in total. The predicted octanol–water partition coefficient (Wildman–Crippen LogP) is 4.50. The monoisotopic (exact) mass is 349 g/mol. The molecule has 3 aliphatic rings. The molecule has 1 spiro atoms. The van der Waals surface area contributed by atoms with Crippen LogP contribution in [0.3, 0.4) is 0 Å². The Labute approximate surface area is 151 Å². The summed E-state index contributed by atoms with van der Waals surface area (Å²) in [5.74, 6) is 0.260. The Bertz CT molecular complexity index is 924. The largest absolute Gasteiger partial charge is 0.322 e. The molecule has 0 aliphatic heterocycles. The number of fused-ring (bicyclic) bond motifs is 2. The topological polar surface area (TPSA) is 46.2 Å². The maximum Gasteiger partial charge on any atom is 0.255 e. The van der Waals surface area contributed by atoms with Gasteiger partial charge in [0.15, 0.2) is 0 Å². The molecule has 2 aromatic rings. The maximum absolute atomic E-state index is 13.1. The summed E-state index contributed by atoms with van der Waals surface area (Å²) in [6.45, 7) is 0. The molecule has 0 unspecified atom stereocenters. The number of carbonyl (C=O) groups is 2. The van der Waals surface area contributed by atoms with Gasteiger partial charge in [0.2, 0.25) is 0 Å². The maximum atomic E-state index is 13.1. The van der Waals surface area contributed by atoms with Crippen LogP contribution in [0.5, 0.6) is 0 Å². The Hall–Kier alpha value is -2.49.